The zero-order chi connectivity index (χ0) is 18.4. The summed E-state index contributed by atoms with van der Waals surface area (Å²) in [6.07, 6.45) is 4.05. The van der Waals surface area contributed by atoms with Gasteiger partial charge in [0, 0.05) is 11.0 Å². The van der Waals surface area contributed by atoms with E-state index in [1.807, 2.05) is 54.6 Å². The Morgan fingerprint density at radius 3 is 2.58 bits per heavy atom. The van der Waals surface area contributed by atoms with Crippen LogP contribution in [0.5, 0.6) is 0 Å². The minimum Gasteiger partial charge on any atom is -0.285 e. The first-order valence-electron chi connectivity index (χ1n) is 8.17. The molecule has 3 rings (SSSR count). The average molecular weight is 428 g/mol. The van der Waals surface area contributed by atoms with E-state index in [2.05, 4.69) is 32.7 Å². The van der Waals surface area contributed by atoms with Crippen molar-refractivity contribution in [1.82, 2.24) is 4.90 Å². The first-order valence-corrected chi connectivity index (χ1v) is 9.84. The van der Waals surface area contributed by atoms with Crippen molar-refractivity contribution in [2.75, 3.05) is 6.54 Å². The van der Waals surface area contributed by atoms with Crippen LogP contribution in [-0.4, -0.2) is 34.0 Å². The summed E-state index contributed by atoms with van der Waals surface area (Å²) in [5, 5.41) is 8.85. The fourth-order valence-corrected chi connectivity index (χ4v) is 3.94. The van der Waals surface area contributed by atoms with Gasteiger partial charge in [0.25, 0.3) is 0 Å². The van der Waals surface area contributed by atoms with Crippen LogP contribution in [0.1, 0.15) is 11.1 Å². The molecule has 1 unspecified atom stereocenters. The zero-order valence-corrected chi connectivity index (χ0v) is 16.5. The molecule has 0 aliphatic carbocycles. The lowest BCUT2D eigenvalue weighted by Crippen LogP contribution is -2.32. The molecule has 1 amide bonds. The summed E-state index contributed by atoms with van der Waals surface area (Å²) in [7, 11) is 0. The molecule has 0 N–H and O–H groups in total. The van der Waals surface area contributed by atoms with E-state index in [4.69, 9.17) is 0 Å². The Morgan fingerprint density at radius 1 is 1.15 bits per heavy atom. The molecule has 0 radical (unpaired) electrons. The second kappa shape index (κ2) is 8.96. The summed E-state index contributed by atoms with van der Waals surface area (Å²) in [6.45, 7) is 4.17. The molecule has 0 saturated carbocycles. The van der Waals surface area contributed by atoms with Crippen molar-refractivity contribution in [1.29, 1.82) is 0 Å². The minimum atomic E-state index is -0.193. The van der Waals surface area contributed by atoms with Crippen molar-refractivity contribution in [2.45, 2.75) is 11.7 Å². The molecule has 0 aromatic heterocycles. The van der Waals surface area contributed by atoms with E-state index in [1.165, 1.54) is 11.8 Å². The molecule has 2 aromatic carbocycles. The van der Waals surface area contributed by atoms with E-state index in [0.29, 0.717) is 18.1 Å². The molecule has 0 bridgehead atoms. The zero-order valence-electron chi connectivity index (χ0n) is 14.1. The number of hydrogen-bond donors (Lipinski definition) is 0. The lowest BCUT2D eigenvalue weighted by molar-refractivity contribution is -0.125. The summed E-state index contributed by atoms with van der Waals surface area (Å²) in [5.74, 6) is 0.0477. The molecule has 26 heavy (non-hydrogen) atoms. The summed E-state index contributed by atoms with van der Waals surface area (Å²) < 4.78 is 1.03. The monoisotopic (exact) mass is 427 g/mol. The number of hydrogen-bond acceptors (Lipinski definition) is 4. The summed E-state index contributed by atoms with van der Waals surface area (Å²) >= 11 is 4.89. The number of rotatable bonds is 6. The number of amides is 1. The highest BCUT2D eigenvalue weighted by Gasteiger charge is 2.37. The van der Waals surface area contributed by atoms with Gasteiger partial charge < -0.3 is 0 Å². The highest BCUT2D eigenvalue weighted by Crippen LogP contribution is 2.30. The normalized spacial score (nSPS) is 18.8. The Labute approximate surface area is 165 Å². The first kappa shape index (κ1) is 18.6. The predicted octanol–water partition coefficient (Wildman–Crippen LogP) is 4.51. The Morgan fingerprint density at radius 2 is 1.88 bits per heavy atom. The quantitative estimate of drug-likeness (QED) is 0.386. The van der Waals surface area contributed by atoms with Crippen molar-refractivity contribution in [3.05, 3.63) is 82.9 Å². The van der Waals surface area contributed by atoms with Gasteiger partial charge in [-0.15, -0.1) is 11.7 Å². The molecule has 1 atom stereocenters. The lowest BCUT2D eigenvalue weighted by atomic mass is 10.1. The van der Waals surface area contributed by atoms with E-state index in [-0.39, 0.29) is 11.2 Å². The van der Waals surface area contributed by atoms with Gasteiger partial charge in [-0.1, -0.05) is 76.2 Å². The van der Waals surface area contributed by atoms with Gasteiger partial charge in [0.15, 0.2) is 5.17 Å². The third-order valence-electron chi connectivity index (χ3n) is 3.82. The van der Waals surface area contributed by atoms with Crippen LogP contribution >= 0.6 is 27.7 Å². The molecular formula is C20H18BrN3OS. The fourth-order valence-electron chi connectivity index (χ4n) is 2.53. The van der Waals surface area contributed by atoms with Crippen molar-refractivity contribution < 1.29 is 4.79 Å². The maximum Gasteiger partial charge on any atom is 0.242 e. The second-order valence-corrected chi connectivity index (χ2v) is 7.80. The Balaban J connectivity index is 1.75. The molecule has 1 aliphatic heterocycles. The molecule has 6 heteroatoms. The highest BCUT2D eigenvalue weighted by molar-refractivity contribution is 9.10. The van der Waals surface area contributed by atoms with Crippen molar-refractivity contribution in [3.8, 4) is 0 Å². The van der Waals surface area contributed by atoms with Gasteiger partial charge in [0.1, 0.15) is 0 Å². The van der Waals surface area contributed by atoms with Crippen LogP contribution in [0.25, 0.3) is 0 Å². The maximum absolute atomic E-state index is 12.7. The van der Waals surface area contributed by atoms with Gasteiger partial charge in [-0.25, -0.2) is 0 Å². The second-order valence-electron chi connectivity index (χ2n) is 5.71. The maximum atomic E-state index is 12.7. The number of halogens is 1. The Hall–Kier alpha value is -2.18. The summed E-state index contributed by atoms with van der Waals surface area (Å²) in [4.78, 5) is 14.4. The number of carbonyl (C=O) groups excluding carboxylic acids is 1. The SMILES string of the molecule is C=CCN1C(=O)C(Cc2ccc(Br)cc2)SC1=NN=Cc1ccccc1. The Kier molecular flexibility index (Phi) is 6.41. The average Bonchev–Trinajstić information content (AvgIpc) is 2.94. The van der Waals surface area contributed by atoms with Crippen LogP contribution in [0.15, 0.2) is 81.9 Å². The first-order chi connectivity index (χ1) is 12.7. The van der Waals surface area contributed by atoms with Crippen molar-refractivity contribution in [3.63, 3.8) is 0 Å². The largest absolute Gasteiger partial charge is 0.285 e. The van der Waals surface area contributed by atoms with Gasteiger partial charge in [-0.3, -0.25) is 9.69 Å². The van der Waals surface area contributed by atoms with Crippen molar-refractivity contribution >= 4 is 45.0 Å². The fraction of sp³-hybridized carbons (Fsp3) is 0.150. The van der Waals surface area contributed by atoms with Gasteiger partial charge in [0.2, 0.25) is 5.91 Å². The van der Waals surface area contributed by atoms with Crippen LogP contribution in [0.3, 0.4) is 0 Å². The summed E-state index contributed by atoms with van der Waals surface area (Å²) in [5.41, 5.74) is 2.08. The molecule has 1 heterocycles. The molecular weight excluding hydrogens is 410 g/mol. The number of benzene rings is 2. The number of carbonyl (C=O) groups is 1. The lowest BCUT2D eigenvalue weighted by Gasteiger charge is -2.12. The van der Waals surface area contributed by atoms with Gasteiger partial charge in [-0.05, 0) is 29.7 Å². The predicted molar refractivity (Wildman–Crippen MR) is 113 cm³/mol. The molecule has 1 aliphatic rings. The minimum absolute atomic E-state index is 0.0477. The highest BCUT2D eigenvalue weighted by atomic mass is 79.9. The number of thioether (sulfide) groups is 1. The van der Waals surface area contributed by atoms with Crippen molar-refractivity contribution in [2.24, 2.45) is 10.2 Å². The van der Waals surface area contributed by atoms with Crippen LogP contribution in [0, 0.1) is 0 Å². The standard InChI is InChI=1S/C20H18BrN3OS/c1-2-12-24-19(25)18(13-15-8-10-17(21)11-9-15)26-20(24)23-22-14-16-6-4-3-5-7-16/h2-11,14,18H,1,12-13H2. The Bertz CT molecular complexity index is 834. The molecule has 0 spiro atoms. The van der Waals surface area contributed by atoms with Gasteiger partial charge >= 0.3 is 0 Å². The van der Waals surface area contributed by atoms with E-state index < -0.39 is 0 Å². The van der Waals surface area contributed by atoms with E-state index >= 15 is 0 Å². The summed E-state index contributed by atoms with van der Waals surface area (Å²) in [6, 6.07) is 17.8. The topological polar surface area (TPSA) is 45.0 Å². The van der Waals surface area contributed by atoms with E-state index in [1.54, 1.807) is 17.2 Å². The number of amidine groups is 1. The molecule has 132 valence electrons. The molecule has 1 saturated heterocycles. The van der Waals surface area contributed by atoms with Crippen LogP contribution in [-0.2, 0) is 11.2 Å². The van der Waals surface area contributed by atoms with Gasteiger partial charge in [0.05, 0.1) is 11.5 Å². The third-order valence-corrected chi connectivity index (χ3v) is 5.51. The molecule has 2 aromatic rings. The van der Waals surface area contributed by atoms with E-state index in [9.17, 15) is 4.79 Å². The smallest absolute Gasteiger partial charge is 0.242 e. The van der Waals surface area contributed by atoms with Crippen LogP contribution in [0.4, 0.5) is 0 Å². The third kappa shape index (κ3) is 4.71. The molecule has 4 nitrogen and oxygen atoms in total. The molecule has 1 fully saturated rings. The van der Waals surface area contributed by atoms with Crippen LogP contribution < -0.4 is 0 Å². The number of nitrogens with zero attached hydrogens (tertiary/aromatic N) is 3. The van der Waals surface area contributed by atoms with Crippen LogP contribution in [0.2, 0.25) is 0 Å². The van der Waals surface area contributed by atoms with E-state index in [0.717, 1.165) is 15.6 Å². The van der Waals surface area contributed by atoms with Gasteiger partial charge in [-0.2, -0.15) is 5.10 Å².